The number of hydrogen-bond acceptors (Lipinski definition) is 5. The van der Waals surface area contributed by atoms with Crippen molar-refractivity contribution in [3.63, 3.8) is 0 Å². The molecule has 2 heterocycles. The lowest BCUT2D eigenvalue weighted by Crippen LogP contribution is -2.00. The lowest BCUT2D eigenvalue weighted by atomic mass is 10.4. The van der Waals surface area contributed by atoms with Crippen LogP contribution in [0, 0.1) is 0 Å². The average Bonchev–Trinajstić information content (AvgIpc) is 2.85. The van der Waals surface area contributed by atoms with Crippen molar-refractivity contribution in [2.45, 2.75) is 6.54 Å². The molecule has 5 heteroatoms. The first-order valence-electron chi connectivity index (χ1n) is 5.10. The molecule has 0 amide bonds. The van der Waals surface area contributed by atoms with Gasteiger partial charge in [-0.3, -0.25) is 4.98 Å². The van der Waals surface area contributed by atoms with Gasteiger partial charge in [0.2, 0.25) is 5.76 Å². The first-order valence-corrected chi connectivity index (χ1v) is 5.10. The van der Waals surface area contributed by atoms with E-state index in [1.54, 1.807) is 24.5 Å². The van der Waals surface area contributed by atoms with E-state index in [1.165, 1.54) is 7.11 Å². The highest BCUT2D eigenvalue weighted by Gasteiger charge is 2.10. The number of hydrogen-bond donors (Lipinski definition) is 1. The van der Waals surface area contributed by atoms with Crippen LogP contribution in [-0.4, -0.2) is 18.1 Å². The molecule has 0 atom stereocenters. The zero-order chi connectivity index (χ0) is 12.1. The second kappa shape index (κ2) is 5.16. The molecule has 2 aromatic heterocycles. The summed E-state index contributed by atoms with van der Waals surface area (Å²) >= 11 is 0. The van der Waals surface area contributed by atoms with E-state index in [0.717, 1.165) is 5.69 Å². The van der Waals surface area contributed by atoms with E-state index in [4.69, 9.17) is 4.42 Å². The van der Waals surface area contributed by atoms with Crippen molar-refractivity contribution in [2.24, 2.45) is 0 Å². The van der Waals surface area contributed by atoms with Gasteiger partial charge in [0, 0.05) is 12.4 Å². The van der Waals surface area contributed by atoms with E-state index in [9.17, 15) is 4.79 Å². The summed E-state index contributed by atoms with van der Waals surface area (Å²) in [6.07, 6.45) is 3.41. The molecule has 0 saturated carbocycles. The van der Waals surface area contributed by atoms with Crippen LogP contribution in [0.15, 0.2) is 41.1 Å². The molecule has 2 rings (SSSR count). The van der Waals surface area contributed by atoms with Gasteiger partial charge in [0.25, 0.3) is 0 Å². The monoisotopic (exact) mass is 232 g/mol. The third-order valence-electron chi connectivity index (χ3n) is 2.18. The van der Waals surface area contributed by atoms with Crippen LogP contribution < -0.4 is 5.32 Å². The van der Waals surface area contributed by atoms with E-state index < -0.39 is 5.97 Å². The molecule has 0 fully saturated rings. The van der Waals surface area contributed by atoms with E-state index >= 15 is 0 Å². The number of carbonyl (C=O) groups is 1. The minimum absolute atomic E-state index is 0.204. The molecule has 0 aliphatic carbocycles. The molecule has 0 radical (unpaired) electrons. The molecule has 0 aromatic carbocycles. The van der Waals surface area contributed by atoms with Crippen molar-refractivity contribution in [1.29, 1.82) is 0 Å². The number of furan rings is 1. The molecule has 5 nitrogen and oxygen atoms in total. The van der Waals surface area contributed by atoms with E-state index in [2.05, 4.69) is 15.0 Å². The number of aromatic nitrogens is 1. The standard InChI is InChI=1S/C12H12N2O3/c1-16-12(15)11-5-4-10(17-11)8-14-9-3-2-6-13-7-9/h2-7,14H,8H2,1H3. The summed E-state index contributed by atoms with van der Waals surface area (Å²) in [6, 6.07) is 7.06. The van der Waals surface area contributed by atoms with Gasteiger partial charge in [-0.05, 0) is 24.3 Å². The van der Waals surface area contributed by atoms with Crippen LogP contribution in [0.1, 0.15) is 16.3 Å². The Morgan fingerprint density at radius 2 is 2.35 bits per heavy atom. The van der Waals surface area contributed by atoms with Gasteiger partial charge in [-0.1, -0.05) is 0 Å². The van der Waals surface area contributed by atoms with Crippen molar-refractivity contribution < 1.29 is 13.9 Å². The van der Waals surface area contributed by atoms with Gasteiger partial charge in [0.1, 0.15) is 5.76 Å². The normalized spacial score (nSPS) is 9.94. The second-order valence-corrected chi connectivity index (χ2v) is 3.35. The molecular weight excluding hydrogens is 220 g/mol. The Hall–Kier alpha value is -2.30. The molecule has 0 bridgehead atoms. The Kier molecular flexibility index (Phi) is 3.40. The van der Waals surface area contributed by atoms with Crippen molar-refractivity contribution in [3.05, 3.63) is 48.2 Å². The Morgan fingerprint density at radius 3 is 3.06 bits per heavy atom. The number of ether oxygens (including phenoxy) is 1. The molecule has 0 saturated heterocycles. The van der Waals surface area contributed by atoms with Crippen LogP contribution >= 0.6 is 0 Å². The van der Waals surface area contributed by atoms with Crippen molar-refractivity contribution >= 4 is 11.7 Å². The summed E-state index contributed by atoms with van der Waals surface area (Å²) in [6.45, 7) is 0.489. The molecule has 17 heavy (non-hydrogen) atoms. The number of nitrogens with one attached hydrogen (secondary N) is 1. The minimum atomic E-state index is -0.474. The number of carbonyl (C=O) groups excluding carboxylic acids is 1. The predicted molar refractivity (Wildman–Crippen MR) is 61.6 cm³/mol. The SMILES string of the molecule is COC(=O)c1ccc(CNc2cccnc2)o1. The Morgan fingerprint density at radius 1 is 1.47 bits per heavy atom. The summed E-state index contributed by atoms with van der Waals surface area (Å²) in [5.74, 6) is 0.391. The summed E-state index contributed by atoms with van der Waals surface area (Å²) in [5.41, 5.74) is 0.892. The van der Waals surface area contributed by atoms with Gasteiger partial charge >= 0.3 is 5.97 Å². The van der Waals surface area contributed by atoms with Gasteiger partial charge in [-0.15, -0.1) is 0 Å². The summed E-state index contributed by atoms with van der Waals surface area (Å²) in [5, 5.41) is 3.12. The summed E-state index contributed by atoms with van der Waals surface area (Å²) in [7, 11) is 1.32. The van der Waals surface area contributed by atoms with Crippen LogP contribution in [-0.2, 0) is 11.3 Å². The third-order valence-corrected chi connectivity index (χ3v) is 2.18. The first kappa shape index (κ1) is 11.2. The molecule has 1 N–H and O–H groups in total. The maximum absolute atomic E-state index is 11.2. The van der Waals surface area contributed by atoms with Gasteiger partial charge < -0.3 is 14.5 Å². The predicted octanol–water partition coefficient (Wildman–Crippen LogP) is 2.07. The zero-order valence-electron chi connectivity index (χ0n) is 9.34. The van der Waals surface area contributed by atoms with E-state index in [1.807, 2.05) is 12.1 Å². The maximum atomic E-state index is 11.2. The minimum Gasteiger partial charge on any atom is -0.463 e. The largest absolute Gasteiger partial charge is 0.463 e. The second-order valence-electron chi connectivity index (χ2n) is 3.35. The van der Waals surface area contributed by atoms with Crippen LogP contribution in [0.25, 0.3) is 0 Å². The van der Waals surface area contributed by atoms with Crippen molar-refractivity contribution in [1.82, 2.24) is 4.98 Å². The van der Waals surface area contributed by atoms with Gasteiger partial charge in [-0.25, -0.2) is 4.79 Å². The fourth-order valence-electron chi connectivity index (χ4n) is 1.34. The highest BCUT2D eigenvalue weighted by atomic mass is 16.5. The fourth-order valence-corrected chi connectivity index (χ4v) is 1.34. The Bertz CT molecular complexity index is 493. The Labute approximate surface area is 98.4 Å². The molecule has 0 spiro atoms. The number of methoxy groups -OCH3 is 1. The highest BCUT2D eigenvalue weighted by molar-refractivity contribution is 5.86. The fraction of sp³-hybridized carbons (Fsp3) is 0.167. The summed E-state index contributed by atoms with van der Waals surface area (Å²) < 4.78 is 9.85. The number of nitrogens with zero attached hydrogens (tertiary/aromatic N) is 1. The van der Waals surface area contributed by atoms with Crippen molar-refractivity contribution in [2.75, 3.05) is 12.4 Å². The molecule has 0 aliphatic rings. The van der Waals surface area contributed by atoms with Crippen LogP contribution in [0.3, 0.4) is 0 Å². The van der Waals surface area contributed by atoms with Gasteiger partial charge in [0.05, 0.1) is 19.3 Å². The van der Waals surface area contributed by atoms with E-state index in [0.29, 0.717) is 12.3 Å². The lowest BCUT2D eigenvalue weighted by molar-refractivity contribution is 0.0563. The number of rotatable bonds is 4. The average molecular weight is 232 g/mol. The Balaban J connectivity index is 1.96. The molecular formula is C12H12N2O3. The lowest BCUT2D eigenvalue weighted by Gasteiger charge is -2.02. The number of pyridine rings is 1. The molecule has 88 valence electrons. The van der Waals surface area contributed by atoms with Gasteiger partial charge in [0.15, 0.2) is 0 Å². The van der Waals surface area contributed by atoms with E-state index in [-0.39, 0.29) is 5.76 Å². The van der Waals surface area contributed by atoms with Crippen LogP contribution in [0.5, 0.6) is 0 Å². The smallest absolute Gasteiger partial charge is 0.373 e. The molecule has 0 unspecified atom stereocenters. The maximum Gasteiger partial charge on any atom is 0.373 e. The number of esters is 1. The van der Waals surface area contributed by atoms with Crippen LogP contribution in [0.2, 0.25) is 0 Å². The third kappa shape index (κ3) is 2.84. The first-order chi connectivity index (χ1) is 8.29. The van der Waals surface area contributed by atoms with Crippen LogP contribution in [0.4, 0.5) is 5.69 Å². The summed E-state index contributed by atoms with van der Waals surface area (Å²) in [4.78, 5) is 15.1. The molecule has 2 aromatic rings. The highest BCUT2D eigenvalue weighted by Crippen LogP contribution is 2.11. The topological polar surface area (TPSA) is 64.4 Å². The van der Waals surface area contributed by atoms with Gasteiger partial charge in [-0.2, -0.15) is 0 Å². The number of anilines is 1. The molecule has 0 aliphatic heterocycles. The zero-order valence-corrected chi connectivity index (χ0v) is 9.34. The van der Waals surface area contributed by atoms with Crippen molar-refractivity contribution in [3.8, 4) is 0 Å². The quantitative estimate of drug-likeness (QED) is 0.817.